The molecule has 1 fully saturated rings. The summed E-state index contributed by atoms with van der Waals surface area (Å²) in [5.74, 6) is 0.498. The summed E-state index contributed by atoms with van der Waals surface area (Å²) in [6.45, 7) is 3.73. The lowest BCUT2D eigenvalue weighted by Gasteiger charge is -2.15. The van der Waals surface area contributed by atoms with Gasteiger partial charge in [0.15, 0.2) is 0 Å². The molecule has 0 saturated carbocycles. The Bertz CT molecular complexity index is 521. The van der Waals surface area contributed by atoms with Crippen LogP contribution in [0.4, 0.5) is 0 Å². The van der Waals surface area contributed by atoms with Crippen molar-refractivity contribution in [1.29, 1.82) is 0 Å². The molecule has 6 heteroatoms. The number of nitrogens with zero attached hydrogens (tertiary/aromatic N) is 2. The minimum absolute atomic E-state index is 0.351. The largest absolute Gasteiger partial charge is 0.352 e. The Morgan fingerprint density at radius 1 is 1.50 bits per heavy atom. The third kappa shape index (κ3) is 2.32. The molecule has 1 unspecified atom stereocenters. The lowest BCUT2D eigenvalue weighted by molar-refractivity contribution is 0.453. The molecule has 102 valence electrons. The van der Waals surface area contributed by atoms with E-state index in [0.29, 0.717) is 30.4 Å². The first-order valence-corrected chi connectivity index (χ1v) is 7.78. The van der Waals surface area contributed by atoms with Gasteiger partial charge in [-0.15, -0.1) is 0 Å². The maximum Gasteiger partial charge on any atom is 0.244 e. The van der Waals surface area contributed by atoms with Crippen LogP contribution in [-0.4, -0.2) is 30.4 Å². The highest BCUT2D eigenvalue weighted by atomic mass is 32.2. The Balaban J connectivity index is 2.25. The second-order valence-corrected chi connectivity index (χ2v) is 6.85. The van der Waals surface area contributed by atoms with Crippen LogP contribution in [0.1, 0.15) is 25.5 Å². The van der Waals surface area contributed by atoms with Gasteiger partial charge in [0, 0.05) is 38.6 Å². The molecular formula is C12H21N3O2S. The summed E-state index contributed by atoms with van der Waals surface area (Å²) in [4.78, 5) is 0.363. The summed E-state index contributed by atoms with van der Waals surface area (Å²) in [6, 6.07) is 1.68. The molecule has 1 aliphatic heterocycles. The summed E-state index contributed by atoms with van der Waals surface area (Å²) in [7, 11) is -1.52. The molecule has 0 bridgehead atoms. The van der Waals surface area contributed by atoms with E-state index in [-0.39, 0.29) is 0 Å². The summed E-state index contributed by atoms with van der Waals surface area (Å²) in [5, 5.41) is 0. The molecule has 0 radical (unpaired) electrons. The topological polar surface area (TPSA) is 68.3 Å². The van der Waals surface area contributed by atoms with Crippen molar-refractivity contribution in [2.45, 2.75) is 31.2 Å². The second kappa shape index (κ2) is 5.03. The Morgan fingerprint density at radius 3 is 2.72 bits per heavy atom. The van der Waals surface area contributed by atoms with Crippen LogP contribution >= 0.6 is 0 Å². The van der Waals surface area contributed by atoms with Gasteiger partial charge in [-0.25, -0.2) is 8.42 Å². The highest BCUT2D eigenvalue weighted by Crippen LogP contribution is 2.26. The number of aromatic nitrogens is 1. The number of rotatable bonds is 4. The number of aryl methyl sites for hydroxylation is 1. The van der Waals surface area contributed by atoms with Crippen molar-refractivity contribution in [1.82, 2.24) is 8.87 Å². The van der Waals surface area contributed by atoms with Crippen LogP contribution in [0, 0.1) is 5.92 Å². The SMILES string of the molecule is CCC1CCN(S(=O)(=O)c2cc(CN)n(C)c2)C1. The molecule has 0 aromatic carbocycles. The highest BCUT2D eigenvalue weighted by molar-refractivity contribution is 7.89. The van der Waals surface area contributed by atoms with Crippen LogP contribution in [0.15, 0.2) is 17.2 Å². The number of hydrogen-bond acceptors (Lipinski definition) is 3. The molecule has 1 saturated heterocycles. The minimum Gasteiger partial charge on any atom is -0.352 e. The van der Waals surface area contributed by atoms with E-state index in [1.807, 2.05) is 7.05 Å². The molecule has 1 atom stereocenters. The minimum atomic E-state index is -3.34. The zero-order valence-electron chi connectivity index (χ0n) is 11.0. The molecule has 5 nitrogen and oxygen atoms in total. The highest BCUT2D eigenvalue weighted by Gasteiger charge is 2.32. The van der Waals surface area contributed by atoms with Crippen LogP contribution in [0.5, 0.6) is 0 Å². The molecule has 0 amide bonds. The molecule has 2 rings (SSSR count). The molecule has 1 aliphatic rings. The van der Waals surface area contributed by atoms with E-state index in [9.17, 15) is 8.42 Å². The Hall–Kier alpha value is -0.850. The number of sulfonamides is 1. The van der Waals surface area contributed by atoms with E-state index in [1.54, 1.807) is 21.1 Å². The molecule has 1 aromatic rings. The second-order valence-electron chi connectivity index (χ2n) is 4.91. The van der Waals surface area contributed by atoms with Crippen molar-refractivity contribution in [3.8, 4) is 0 Å². The first-order valence-electron chi connectivity index (χ1n) is 6.34. The quantitative estimate of drug-likeness (QED) is 0.885. The van der Waals surface area contributed by atoms with Crippen LogP contribution in [-0.2, 0) is 23.6 Å². The fraction of sp³-hybridized carbons (Fsp3) is 0.667. The third-order valence-corrected chi connectivity index (χ3v) is 5.59. The Morgan fingerprint density at radius 2 is 2.22 bits per heavy atom. The normalized spacial score (nSPS) is 21.6. The first kappa shape index (κ1) is 13.6. The van der Waals surface area contributed by atoms with Crippen LogP contribution in [0.2, 0.25) is 0 Å². The predicted molar refractivity (Wildman–Crippen MR) is 70.5 cm³/mol. The fourth-order valence-corrected chi connectivity index (χ4v) is 4.05. The van der Waals surface area contributed by atoms with E-state index >= 15 is 0 Å². The monoisotopic (exact) mass is 271 g/mol. The van der Waals surface area contributed by atoms with Gasteiger partial charge in [0.25, 0.3) is 0 Å². The molecule has 1 aromatic heterocycles. The van der Waals surface area contributed by atoms with Gasteiger partial charge in [-0.05, 0) is 18.4 Å². The average Bonchev–Trinajstić information content (AvgIpc) is 2.95. The van der Waals surface area contributed by atoms with Crippen molar-refractivity contribution in [2.75, 3.05) is 13.1 Å². The standard InChI is InChI=1S/C12H21N3O2S/c1-3-10-4-5-15(8-10)18(16,17)12-6-11(7-13)14(2)9-12/h6,9-10H,3-5,7-8,13H2,1-2H3. The molecule has 0 aliphatic carbocycles. The molecule has 0 spiro atoms. The van der Waals surface area contributed by atoms with E-state index < -0.39 is 10.0 Å². The summed E-state index contributed by atoms with van der Waals surface area (Å²) < 4.78 is 28.3. The smallest absolute Gasteiger partial charge is 0.244 e. The summed E-state index contributed by atoms with van der Waals surface area (Å²) in [5.41, 5.74) is 6.41. The zero-order valence-corrected chi connectivity index (χ0v) is 11.8. The van der Waals surface area contributed by atoms with Crippen molar-refractivity contribution >= 4 is 10.0 Å². The van der Waals surface area contributed by atoms with Crippen molar-refractivity contribution in [3.05, 3.63) is 18.0 Å². The van der Waals surface area contributed by atoms with Crippen LogP contribution < -0.4 is 5.73 Å². The molecule has 2 N–H and O–H groups in total. The first-order chi connectivity index (χ1) is 8.48. The summed E-state index contributed by atoms with van der Waals surface area (Å²) >= 11 is 0. The van der Waals surface area contributed by atoms with E-state index in [2.05, 4.69) is 6.92 Å². The van der Waals surface area contributed by atoms with Crippen molar-refractivity contribution < 1.29 is 8.42 Å². The maximum absolute atomic E-state index is 12.4. The molecule has 2 heterocycles. The predicted octanol–water partition coefficient (Wildman–Crippen LogP) is 0.904. The van der Waals surface area contributed by atoms with E-state index in [0.717, 1.165) is 18.5 Å². The van der Waals surface area contributed by atoms with Gasteiger partial charge >= 0.3 is 0 Å². The van der Waals surface area contributed by atoms with Gasteiger partial charge in [-0.3, -0.25) is 0 Å². The maximum atomic E-state index is 12.4. The summed E-state index contributed by atoms with van der Waals surface area (Å²) in [6.07, 6.45) is 3.65. The number of hydrogen-bond donors (Lipinski definition) is 1. The van der Waals surface area contributed by atoms with Gasteiger partial charge in [0.2, 0.25) is 10.0 Å². The van der Waals surface area contributed by atoms with Gasteiger partial charge in [-0.2, -0.15) is 4.31 Å². The average molecular weight is 271 g/mol. The van der Waals surface area contributed by atoms with Gasteiger partial charge in [-0.1, -0.05) is 13.3 Å². The van der Waals surface area contributed by atoms with E-state index in [4.69, 9.17) is 5.73 Å². The van der Waals surface area contributed by atoms with Crippen LogP contribution in [0.3, 0.4) is 0 Å². The van der Waals surface area contributed by atoms with E-state index in [1.165, 1.54) is 0 Å². The molecular weight excluding hydrogens is 250 g/mol. The Kier molecular flexibility index (Phi) is 3.79. The third-order valence-electron chi connectivity index (χ3n) is 3.76. The Labute approximate surface area is 109 Å². The zero-order chi connectivity index (χ0) is 13.3. The number of nitrogens with two attached hydrogens (primary N) is 1. The fourth-order valence-electron chi connectivity index (χ4n) is 2.42. The molecule has 18 heavy (non-hydrogen) atoms. The van der Waals surface area contributed by atoms with Crippen LogP contribution in [0.25, 0.3) is 0 Å². The lowest BCUT2D eigenvalue weighted by Crippen LogP contribution is -2.28. The van der Waals surface area contributed by atoms with Gasteiger partial charge in [0.1, 0.15) is 4.90 Å². The van der Waals surface area contributed by atoms with Gasteiger partial charge < -0.3 is 10.3 Å². The van der Waals surface area contributed by atoms with Gasteiger partial charge in [0.05, 0.1) is 0 Å². The lowest BCUT2D eigenvalue weighted by atomic mass is 10.1. The van der Waals surface area contributed by atoms with Crippen molar-refractivity contribution in [2.24, 2.45) is 18.7 Å². The van der Waals surface area contributed by atoms with Crippen molar-refractivity contribution in [3.63, 3.8) is 0 Å².